The first-order chi connectivity index (χ1) is 11.7. The van der Waals surface area contributed by atoms with Gasteiger partial charge in [-0.15, -0.1) is 0 Å². The molecule has 1 aromatic carbocycles. The average molecular weight is 324 g/mol. The van der Waals surface area contributed by atoms with E-state index in [4.69, 9.17) is 10.8 Å². The highest BCUT2D eigenvalue weighted by Gasteiger charge is 2.13. The van der Waals surface area contributed by atoms with Crippen LogP contribution in [0.4, 0.5) is 5.82 Å². The van der Waals surface area contributed by atoms with Crippen molar-refractivity contribution in [2.24, 2.45) is 0 Å². The normalized spacial score (nSPS) is 12.9. The summed E-state index contributed by atoms with van der Waals surface area (Å²) in [5.74, 6) is 0.379. The minimum absolute atomic E-state index is 0.193. The maximum Gasteiger partial charge on any atom is 0.135 e. The monoisotopic (exact) mass is 324 g/mol. The lowest BCUT2D eigenvalue weighted by atomic mass is 10.1. The highest BCUT2D eigenvalue weighted by Crippen LogP contribution is 2.29. The molecule has 3 aromatic heterocycles. The first-order valence-electron chi connectivity index (χ1n) is 7.51. The number of nitrogens with zero attached hydrogens (tertiary/aromatic N) is 4. The summed E-state index contributed by atoms with van der Waals surface area (Å²) in [5, 5.41) is 31.5. The topological polar surface area (TPSA) is 126 Å². The molecule has 0 spiro atoms. The van der Waals surface area contributed by atoms with Gasteiger partial charge in [-0.05, 0) is 18.2 Å². The number of nitrogens with one attached hydrogen (secondary N) is 1. The third kappa shape index (κ3) is 2.38. The minimum Gasteiger partial charge on any atom is -0.394 e. The summed E-state index contributed by atoms with van der Waals surface area (Å²) in [4.78, 5) is 4.47. The number of benzene rings is 1. The van der Waals surface area contributed by atoms with E-state index in [-0.39, 0.29) is 13.2 Å². The molecule has 8 heteroatoms. The summed E-state index contributed by atoms with van der Waals surface area (Å²) in [6.45, 7) is -0.128. The van der Waals surface area contributed by atoms with E-state index in [1.54, 1.807) is 17.1 Å². The van der Waals surface area contributed by atoms with E-state index < -0.39 is 6.10 Å². The van der Waals surface area contributed by atoms with Crippen molar-refractivity contribution in [1.82, 2.24) is 25.0 Å². The number of anilines is 1. The van der Waals surface area contributed by atoms with Gasteiger partial charge in [0.15, 0.2) is 0 Å². The molecule has 0 aliphatic rings. The summed E-state index contributed by atoms with van der Waals surface area (Å²) in [7, 11) is 0. The second kappa shape index (κ2) is 5.59. The Balaban J connectivity index is 1.87. The smallest absolute Gasteiger partial charge is 0.135 e. The van der Waals surface area contributed by atoms with Crippen molar-refractivity contribution in [1.29, 1.82) is 0 Å². The number of nitrogens with two attached hydrogens (primary N) is 1. The lowest BCUT2D eigenvalue weighted by Gasteiger charge is -2.05. The molecule has 0 saturated heterocycles. The van der Waals surface area contributed by atoms with Crippen molar-refractivity contribution in [3.8, 4) is 11.3 Å². The highest BCUT2D eigenvalue weighted by molar-refractivity contribution is 6.08. The quantitative estimate of drug-likeness (QED) is 0.442. The van der Waals surface area contributed by atoms with E-state index in [1.807, 2.05) is 24.3 Å². The number of H-pyrrole nitrogens is 1. The highest BCUT2D eigenvalue weighted by atomic mass is 16.3. The number of aromatic amines is 1. The van der Waals surface area contributed by atoms with E-state index in [2.05, 4.69) is 20.3 Å². The van der Waals surface area contributed by atoms with Crippen molar-refractivity contribution in [3.63, 3.8) is 0 Å². The molecule has 0 saturated carbocycles. The number of hydrogen-bond donors (Lipinski definition) is 4. The molecule has 0 fully saturated rings. The molecule has 24 heavy (non-hydrogen) atoms. The van der Waals surface area contributed by atoms with E-state index in [0.29, 0.717) is 5.82 Å². The van der Waals surface area contributed by atoms with Crippen LogP contribution in [0.3, 0.4) is 0 Å². The molecule has 8 nitrogen and oxygen atoms in total. The average Bonchev–Trinajstić information content (AvgIpc) is 3.24. The van der Waals surface area contributed by atoms with Crippen LogP contribution in [0.15, 0.2) is 36.7 Å². The van der Waals surface area contributed by atoms with Crippen LogP contribution in [-0.2, 0) is 6.54 Å². The Morgan fingerprint density at radius 3 is 2.88 bits per heavy atom. The van der Waals surface area contributed by atoms with Crippen LogP contribution >= 0.6 is 0 Å². The number of hydrogen-bond acceptors (Lipinski definition) is 6. The fourth-order valence-electron chi connectivity index (χ4n) is 2.77. The Hall–Kier alpha value is -2.97. The second-order valence-corrected chi connectivity index (χ2v) is 5.65. The van der Waals surface area contributed by atoms with Gasteiger partial charge in [0.1, 0.15) is 11.3 Å². The van der Waals surface area contributed by atoms with E-state index in [9.17, 15) is 5.11 Å². The summed E-state index contributed by atoms with van der Waals surface area (Å²) >= 11 is 0. The Bertz CT molecular complexity index is 1010. The van der Waals surface area contributed by atoms with Gasteiger partial charge in [0.2, 0.25) is 0 Å². The standard InChI is InChI=1S/C16H16N6O2/c17-16-12-7-22(6-10(24)8-23)21-15(12)11-2-1-9(5-14(11)19-16)13-3-4-18-20-13/h1-5,7,10,23-24H,6,8H2,(H2,17,19)(H,18,20)/t10-/m0/s1. The van der Waals surface area contributed by atoms with Crippen LogP contribution in [0.5, 0.6) is 0 Å². The van der Waals surface area contributed by atoms with E-state index in [0.717, 1.165) is 33.1 Å². The molecule has 5 N–H and O–H groups in total. The predicted octanol–water partition coefficient (Wildman–Crippen LogP) is 0.910. The van der Waals surface area contributed by atoms with Crippen molar-refractivity contribution in [2.75, 3.05) is 12.3 Å². The van der Waals surface area contributed by atoms with Crippen molar-refractivity contribution < 1.29 is 10.2 Å². The number of rotatable bonds is 4. The molecule has 0 amide bonds. The van der Waals surface area contributed by atoms with Crippen LogP contribution in [0, 0.1) is 0 Å². The zero-order valence-electron chi connectivity index (χ0n) is 12.7. The first-order valence-corrected chi connectivity index (χ1v) is 7.51. The van der Waals surface area contributed by atoms with Gasteiger partial charge in [-0.25, -0.2) is 4.98 Å². The molecule has 0 radical (unpaired) electrons. The van der Waals surface area contributed by atoms with Crippen molar-refractivity contribution >= 4 is 27.6 Å². The van der Waals surface area contributed by atoms with Gasteiger partial charge in [-0.3, -0.25) is 9.78 Å². The zero-order chi connectivity index (χ0) is 16.7. The largest absolute Gasteiger partial charge is 0.394 e. The third-order valence-electron chi connectivity index (χ3n) is 3.95. The maximum absolute atomic E-state index is 9.59. The van der Waals surface area contributed by atoms with Crippen LogP contribution in [0.2, 0.25) is 0 Å². The van der Waals surface area contributed by atoms with Gasteiger partial charge in [-0.1, -0.05) is 6.07 Å². The van der Waals surface area contributed by atoms with Crippen molar-refractivity contribution in [3.05, 3.63) is 36.7 Å². The number of pyridine rings is 1. The Labute approximate surface area is 136 Å². The molecule has 0 bridgehead atoms. The fourth-order valence-corrected chi connectivity index (χ4v) is 2.77. The van der Waals surface area contributed by atoms with Gasteiger partial charge in [-0.2, -0.15) is 10.2 Å². The van der Waals surface area contributed by atoms with Crippen LogP contribution < -0.4 is 5.73 Å². The molecular formula is C16H16N6O2. The number of aliphatic hydroxyl groups excluding tert-OH is 2. The zero-order valence-corrected chi connectivity index (χ0v) is 12.7. The molecular weight excluding hydrogens is 308 g/mol. The molecule has 0 unspecified atom stereocenters. The lowest BCUT2D eigenvalue weighted by molar-refractivity contribution is 0.0784. The van der Waals surface area contributed by atoms with E-state index in [1.165, 1.54) is 0 Å². The van der Waals surface area contributed by atoms with Crippen LogP contribution in [0.25, 0.3) is 33.1 Å². The summed E-state index contributed by atoms with van der Waals surface area (Å²) in [6.07, 6.45) is 2.56. The molecule has 0 aliphatic heterocycles. The summed E-state index contributed by atoms with van der Waals surface area (Å²) < 4.78 is 1.58. The van der Waals surface area contributed by atoms with Gasteiger partial charge in [0, 0.05) is 23.3 Å². The number of nitrogen functional groups attached to an aromatic ring is 1. The summed E-state index contributed by atoms with van der Waals surface area (Å²) in [5.41, 5.74) is 9.39. The molecule has 0 aliphatic carbocycles. The summed E-state index contributed by atoms with van der Waals surface area (Å²) in [6, 6.07) is 7.73. The second-order valence-electron chi connectivity index (χ2n) is 5.65. The lowest BCUT2D eigenvalue weighted by Crippen LogP contribution is -2.19. The molecule has 122 valence electrons. The Kier molecular flexibility index (Phi) is 3.40. The van der Waals surface area contributed by atoms with Gasteiger partial charge >= 0.3 is 0 Å². The number of aromatic nitrogens is 5. The van der Waals surface area contributed by atoms with Gasteiger partial charge in [0.25, 0.3) is 0 Å². The molecule has 1 atom stereocenters. The molecule has 4 aromatic rings. The first kappa shape index (κ1) is 14.6. The van der Waals surface area contributed by atoms with Crippen LogP contribution in [-0.4, -0.2) is 47.9 Å². The van der Waals surface area contributed by atoms with E-state index >= 15 is 0 Å². The third-order valence-corrected chi connectivity index (χ3v) is 3.95. The Morgan fingerprint density at radius 1 is 1.25 bits per heavy atom. The molecule has 3 heterocycles. The number of fused-ring (bicyclic) bond motifs is 3. The minimum atomic E-state index is -0.869. The molecule has 4 rings (SSSR count). The number of aliphatic hydroxyl groups is 2. The fraction of sp³-hybridized carbons (Fsp3) is 0.188. The van der Waals surface area contributed by atoms with Gasteiger partial charge < -0.3 is 15.9 Å². The SMILES string of the molecule is Nc1nc2cc(-c3ccn[nH]3)ccc2c2nn(C[C@H](O)CO)cc12. The Morgan fingerprint density at radius 2 is 2.12 bits per heavy atom. The van der Waals surface area contributed by atoms with Gasteiger partial charge in [0.05, 0.1) is 35.9 Å². The van der Waals surface area contributed by atoms with Crippen LogP contribution in [0.1, 0.15) is 0 Å². The maximum atomic E-state index is 9.59. The predicted molar refractivity (Wildman–Crippen MR) is 90.1 cm³/mol. The van der Waals surface area contributed by atoms with Crippen molar-refractivity contribution in [2.45, 2.75) is 12.6 Å².